The van der Waals surface area contributed by atoms with Crippen LogP contribution >= 0.6 is 0 Å². The number of aliphatic hydroxyl groups is 1. The summed E-state index contributed by atoms with van der Waals surface area (Å²) >= 11 is 0. The lowest BCUT2D eigenvalue weighted by Gasteiger charge is -2.20. The molecule has 0 aliphatic rings. The van der Waals surface area contributed by atoms with Crippen LogP contribution in [-0.4, -0.2) is 23.7 Å². The summed E-state index contributed by atoms with van der Waals surface area (Å²) in [5, 5.41) is 14.3. The number of nitrogens with one attached hydrogen (secondary N) is 1. The molecule has 0 fully saturated rings. The molecule has 2 rings (SSSR count). The Kier molecular flexibility index (Phi) is 4.17. The molecule has 0 saturated heterocycles. The van der Waals surface area contributed by atoms with Crippen LogP contribution in [0.1, 0.15) is 24.2 Å². The molecule has 2 N–H and O–H groups in total. The number of fused-ring (bicyclic) bond motifs is 1. The van der Waals surface area contributed by atoms with Gasteiger partial charge < -0.3 is 10.4 Å². The second kappa shape index (κ2) is 5.85. The summed E-state index contributed by atoms with van der Waals surface area (Å²) in [4.78, 5) is 12.1. The number of amides is 1. The smallest absolute Gasteiger partial charge is 0.251 e. The molecule has 0 aromatic heterocycles. The second-order valence-electron chi connectivity index (χ2n) is 5.07. The molecule has 0 spiro atoms. The SMILES string of the molecule is CC(C)[C@@H](CO)NC(=O)c1ccc2ccccc2c1. The molecule has 19 heavy (non-hydrogen) atoms. The van der Waals surface area contributed by atoms with Crippen LogP contribution in [0.4, 0.5) is 0 Å². The zero-order valence-corrected chi connectivity index (χ0v) is 11.3. The first kappa shape index (κ1) is 13.6. The number of rotatable bonds is 4. The Morgan fingerprint density at radius 3 is 2.47 bits per heavy atom. The predicted molar refractivity (Wildman–Crippen MR) is 77.1 cm³/mol. The third-order valence-electron chi connectivity index (χ3n) is 3.33. The summed E-state index contributed by atoms with van der Waals surface area (Å²) in [6, 6.07) is 13.3. The third kappa shape index (κ3) is 3.12. The van der Waals surface area contributed by atoms with Crippen LogP contribution in [-0.2, 0) is 0 Å². The number of benzene rings is 2. The summed E-state index contributed by atoms with van der Waals surface area (Å²) in [6.07, 6.45) is 0. The predicted octanol–water partition coefficient (Wildman–Crippen LogP) is 2.59. The normalized spacial score (nSPS) is 12.6. The Morgan fingerprint density at radius 2 is 1.84 bits per heavy atom. The van der Waals surface area contributed by atoms with Gasteiger partial charge in [-0.25, -0.2) is 0 Å². The minimum absolute atomic E-state index is 0.0447. The van der Waals surface area contributed by atoms with E-state index in [1.54, 1.807) is 0 Å². The fourth-order valence-corrected chi connectivity index (χ4v) is 2.01. The monoisotopic (exact) mass is 257 g/mol. The van der Waals surface area contributed by atoms with Crippen molar-refractivity contribution in [2.75, 3.05) is 6.61 Å². The topological polar surface area (TPSA) is 49.3 Å². The Balaban J connectivity index is 2.21. The fraction of sp³-hybridized carbons (Fsp3) is 0.312. The summed E-state index contributed by atoms with van der Waals surface area (Å²) in [6.45, 7) is 3.90. The molecular formula is C16H19NO2. The first-order valence-electron chi connectivity index (χ1n) is 6.52. The van der Waals surface area contributed by atoms with Gasteiger partial charge in [0, 0.05) is 5.56 Å². The van der Waals surface area contributed by atoms with Gasteiger partial charge in [0.1, 0.15) is 0 Å². The average molecular weight is 257 g/mol. The van der Waals surface area contributed by atoms with Gasteiger partial charge in [-0.05, 0) is 28.8 Å². The quantitative estimate of drug-likeness (QED) is 0.884. The lowest BCUT2D eigenvalue weighted by Crippen LogP contribution is -2.41. The van der Waals surface area contributed by atoms with E-state index in [-0.39, 0.29) is 24.5 Å². The Labute approximate surface area is 113 Å². The van der Waals surface area contributed by atoms with Crippen molar-refractivity contribution >= 4 is 16.7 Å². The molecule has 3 heteroatoms. The van der Waals surface area contributed by atoms with Crippen molar-refractivity contribution in [2.24, 2.45) is 5.92 Å². The standard InChI is InChI=1S/C16H19NO2/c1-11(2)15(10-18)17-16(19)14-8-7-12-5-3-4-6-13(12)9-14/h3-9,11,15,18H,10H2,1-2H3,(H,17,19)/t15-/m1/s1. The van der Waals surface area contributed by atoms with Crippen molar-refractivity contribution in [3.05, 3.63) is 48.0 Å². The molecule has 100 valence electrons. The van der Waals surface area contributed by atoms with Gasteiger partial charge in [-0.1, -0.05) is 44.2 Å². The molecule has 2 aromatic rings. The van der Waals surface area contributed by atoms with E-state index in [0.29, 0.717) is 5.56 Å². The van der Waals surface area contributed by atoms with Gasteiger partial charge in [-0.2, -0.15) is 0 Å². The number of carbonyl (C=O) groups excluding carboxylic acids is 1. The highest BCUT2D eigenvalue weighted by Gasteiger charge is 2.16. The van der Waals surface area contributed by atoms with Crippen molar-refractivity contribution in [1.82, 2.24) is 5.32 Å². The fourth-order valence-electron chi connectivity index (χ4n) is 2.01. The molecule has 0 unspecified atom stereocenters. The van der Waals surface area contributed by atoms with Crippen LogP contribution in [0.15, 0.2) is 42.5 Å². The summed E-state index contributed by atoms with van der Waals surface area (Å²) in [7, 11) is 0. The number of carbonyl (C=O) groups is 1. The van der Waals surface area contributed by atoms with Crippen LogP contribution in [0, 0.1) is 5.92 Å². The molecule has 0 aliphatic carbocycles. The molecule has 0 saturated carbocycles. The van der Waals surface area contributed by atoms with Crippen molar-refractivity contribution in [1.29, 1.82) is 0 Å². The number of hydrogen-bond acceptors (Lipinski definition) is 2. The average Bonchev–Trinajstić information content (AvgIpc) is 2.43. The molecule has 0 radical (unpaired) electrons. The van der Waals surface area contributed by atoms with Gasteiger partial charge in [-0.3, -0.25) is 4.79 Å². The Bertz CT molecular complexity index is 578. The van der Waals surface area contributed by atoms with E-state index in [0.717, 1.165) is 10.8 Å². The van der Waals surface area contributed by atoms with Crippen LogP contribution in [0.25, 0.3) is 10.8 Å². The summed E-state index contributed by atoms with van der Waals surface area (Å²) < 4.78 is 0. The number of hydrogen-bond donors (Lipinski definition) is 2. The molecule has 1 atom stereocenters. The van der Waals surface area contributed by atoms with Crippen LogP contribution < -0.4 is 5.32 Å². The Morgan fingerprint density at radius 1 is 1.16 bits per heavy atom. The minimum Gasteiger partial charge on any atom is -0.394 e. The highest BCUT2D eigenvalue weighted by atomic mass is 16.3. The van der Waals surface area contributed by atoms with Gasteiger partial charge in [-0.15, -0.1) is 0 Å². The lowest BCUT2D eigenvalue weighted by atomic mass is 10.0. The van der Waals surface area contributed by atoms with Gasteiger partial charge in [0.25, 0.3) is 5.91 Å². The molecular weight excluding hydrogens is 238 g/mol. The van der Waals surface area contributed by atoms with Crippen LogP contribution in [0.2, 0.25) is 0 Å². The minimum atomic E-state index is -0.209. The van der Waals surface area contributed by atoms with E-state index in [2.05, 4.69) is 5.32 Å². The van der Waals surface area contributed by atoms with E-state index >= 15 is 0 Å². The first-order chi connectivity index (χ1) is 9.11. The van der Waals surface area contributed by atoms with E-state index in [4.69, 9.17) is 0 Å². The van der Waals surface area contributed by atoms with Gasteiger partial charge >= 0.3 is 0 Å². The summed E-state index contributed by atoms with van der Waals surface area (Å²) in [5.74, 6) is 0.0629. The van der Waals surface area contributed by atoms with Crippen molar-refractivity contribution in [2.45, 2.75) is 19.9 Å². The van der Waals surface area contributed by atoms with Gasteiger partial charge in [0.15, 0.2) is 0 Å². The highest BCUT2D eigenvalue weighted by Crippen LogP contribution is 2.16. The van der Waals surface area contributed by atoms with E-state index in [1.165, 1.54) is 0 Å². The Hall–Kier alpha value is -1.87. The second-order valence-corrected chi connectivity index (χ2v) is 5.07. The summed E-state index contributed by atoms with van der Waals surface area (Å²) in [5.41, 5.74) is 0.623. The van der Waals surface area contributed by atoms with Crippen LogP contribution in [0.5, 0.6) is 0 Å². The maximum absolute atomic E-state index is 12.1. The van der Waals surface area contributed by atoms with E-state index < -0.39 is 0 Å². The molecule has 2 aromatic carbocycles. The maximum atomic E-state index is 12.1. The lowest BCUT2D eigenvalue weighted by molar-refractivity contribution is 0.0897. The molecule has 1 amide bonds. The van der Waals surface area contributed by atoms with Gasteiger partial charge in [0.05, 0.1) is 12.6 Å². The van der Waals surface area contributed by atoms with Crippen molar-refractivity contribution < 1.29 is 9.90 Å². The van der Waals surface area contributed by atoms with Crippen molar-refractivity contribution in [3.63, 3.8) is 0 Å². The van der Waals surface area contributed by atoms with Crippen molar-refractivity contribution in [3.8, 4) is 0 Å². The zero-order valence-electron chi connectivity index (χ0n) is 11.3. The van der Waals surface area contributed by atoms with E-state index in [9.17, 15) is 9.90 Å². The van der Waals surface area contributed by atoms with Gasteiger partial charge in [0.2, 0.25) is 0 Å². The molecule has 0 heterocycles. The molecule has 0 aliphatic heterocycles. The maximum Gasteiger partial charge on any atom is 0.251 e. The van der Waals surface area contributed by atoms with E-state index in [1.807, 2.05) is 56.3 Å². The zero-order chi connectivity index (χ0) is 13.8. The highest BCUT2D eigenvalue weighted by molar-refractivity contribution is 5.98. The molecule has 3 nitrogen and oxygen atoms in total. The third-order valence-corrected chi connectivity index (χ3v) is 3.33. The number of aliphatic hydroxyl groups excluding tert-OH is 1. The largest absolute Gasteiger partial charge is 0.394 e. The first-order valence-corrected chi connectivity index (χ1v) is 6.52. The molecule has 0 bridgehead atoms. The van der Waals surface area contributed by atoms with Crippen LogP contribution in [0.3, 0.4) is 0 Å².